The van der Waals surface area contributed by atoms with Crippen LogP contribution in [0.15, 0.2) is 61.2 Å². The molecule has 0 aliphatic rings. The van der Waals surface area contributed by atoms with Crippen molar-refractivity contribution in [3.8, 4) is 0 Å². The van der Waals surface area contributed by atoms with E-state index in [4.69, 9.17) is 0 Å². The Bertz CT molecular complexity index is 647. The van der Waals surface area contributed by atoms with Crippen LogP contribution in [0.5, 0.6) is 0 Å². The minimum atomic E-state index is 0.807. The van der Waals surface area contributed by atoms with E-state index in [9.17, 15) is 0 Å². The van der Waals surface area contributed by atoms with Crippen LogP contribution in [0.2, 0.25) is 0 Å². The molecule has 3 rings (SSSR count). The molecule has 0 saturated heterocycles. The van der Waals surface area contributed by atoms with Crippen LogP contribution in [0.4, 0.5) is 0 Å². The summed E-state index contributed by atoms with van der Waals surface area (Å²) in [5.41, 5.74) is 5.14. The summed E-state index contributed by atoms with van der Waals surface area (Å²) in [7, 11) is 0. The number of hydrogen-bond acceptors (Lipinski definition) is 1. The van der Waals surface area contributed by atoms with E-state index < -0.39 is 0 Å². The minimum Gasteiger partial charge on any atom is -0.233 e. The summed E-state index contributed by atoms with van der Waals surface area (Å²) >= 11 is 0. The van der Waals surface area contributed by atoms with Crippen molar-refractivity contribution < 1.29 is 4.57 Å². The van der Waals surface area contributed by atoms with Gasteiger partial charge in [-0.15, -0.1) is 4.68 Å². The van der Waals surface area contributed by atoms with Crippen LogP contribution >= 0.6 is 0 Å². The molecule has 0 spiro atoms. The SMILES string of the molecule is Cc1ccc(Cn2c[n+](Cc3ccc(C)cc3)cn2)cc1. The van der Waals surface area contributed by atoms with Crippen LogP contribution in [0.3, 0.4) is 0 Å². The molecule has 21 heavy (non-hydrogen) atoms. The molecule has 0 saturated carbocycles. The van der Waals surface area contributed by atoms with Gasteiger partial charge in [0.2, 0.25) is 6.33 Å². The minimum absolute atomic E-state index is 0.807. The highest BCUT2D eigenvalue weighted by molar-refractivity contribution is 5.21. The predicted octanol–water partition coefficient (Wildman–Crippen LogP) is 2.88. The van der Waals surface area contributed by atoms with Gasteiger partial charge in [-0.3, -0.25) is 0 Å². The van der Waals surface area contributed by atoms with Crippen LogP contribution in [-0.2, 0) is 13.1 Å². The highest BCUT2D eigenvalue weighted by Crippen LogP contribution is 2.05. The first-order chi connectivity index (χ1) is 10.2. The fourth-order valence-corrected chi connectivity index (χ4v) is 2.31. The Morgan fingerprint density at radius 1 is 0.857 bits per heavy atom. The maximum Gasteiger partial charge on any atom is 0.265 e. The molecular weight excluding hydrogens is 258 g/mol. The van der Waals surface area contributed by atoms with Crippen LogP contribution in [0.1, 0.15) is 22.3 Å². The van der Waals surface area contributed by atoms with Crippen molar-refractivity contribution in [1.82, 2.24) is 9.78 Å². The second-order valence-corrected chi connectivity index (χ2v) is 5.59. The lowest BCUT2D eigenvalue weighted by Gasteiger charge is -1.99. The molecule has 0 bridgehead atoms. The standard InChI is InChI=1S/C18H20N3/c1-15-3-7-17(8-4-15)11-20-13-19-21(14-20)12-18-9-5-16(2)6-10-18/h3-10,13-14H,11-12H2,1-2H3/q+1. The first-order valence-electron chi connectivity index (χ1n) is 7.22. The van der Waals surface area contributed by atoms with Crippen molar-refractivity contribution in [2.75, 3.05) is 0 Å². The molecule has 3 heteroatoms. The Labute approximate surface area is 125 Å². The van der Waals surface area contributed by atoms with Gasteiger partial charge in [0.25, 0.3) is 6.33 Å². The van der Waals surface area contributed by atoms with Crippen molar-refractivity contribution in [3.05, 3.63) is 83.4 Å². The fourth-order valence-electron chi connectivity index (χ4n) is 2.31. The molecule has 0 unspecified atom stereocenters. The second-order valence-electron chi connectivity index (χ2n) is 5.59. The van der Waals surface area contributed by atoms with Gasteiger partial charge in [-0.2, -0.15) is 0 Å². The van der Waals surface area contributed by atoms with Gasteiger partial charge in [-0.05, 0) is 25.0 Å². The van der Waals surface area contributed by atoms with Crippen LogP contribution in [0, 0.1) is 13.8 Å². The summed E-state index contributed by atoms with van der Waals surface area (Å²) in [6.07, 6.45) is 3.94. The number of nitrogens with zero attached hydrogens (tertiary/aromatic N) is 3. The van der Waals surface area contributed by atoms with Gasteiger partial charge in [0.05, 0.1) is 6.54 Å². The van der Waals surface area contributed by atoms with Crippen molar-refractivity contribution in [3.63, 3.8) is 0 Å². The number of benzene rings is 2. The first kappa shape index (κ1) is 13.6. The summed E-state index contributed by atoms with van der Waals surface area (Å²) in [5.74, 6) is 0. The average Bonchev–Trinajstić information content (AvgIpc) is 2.91. The predicted molar refractivity (Wildman–Crippen MR) is 83.0 cm³/mol. The monoisotopic (exact) mass is 278 g/mol. The third-order valence-corrected chi connectivity index (χ3v) is 3.58. The summed E-state index contributed by atoms with van der Waals surface area (Å²) in [4.78, 5) is 0. The van der Waals surface area contributed by atoms with E-state index in [0.29, 0.717) is 0 Å². The first-order valence-corrected chi connectivity index (χ1v) is 7.22. The molecule has 1 aromatic heterocycles. The molecule has 3 aromatic rings. The van der Waals surface area contributed by atoms with E-state index in [2.05, 4.69) is 78.4 Å². The van der Waals surface area contributed by atoms with Crippen molar-refractivity contribution in [1.29, 1.82) is 0 Å². The normalized spacial score (nSPS) is 10.8. The molecule has 0 atom stereocenters. The molecule has 0 aliphatic heterocycles. The van der Waals surface area contributed by atoms with E-state index in [0.717, 1.165) is 13.1 Å². The topological polar surface area (TPSA) is 21.7 Å². The number of rotatable bonds is 4. The Balaban J connectivity index is 1.68. The maximum absolute atomic E-state index is 4.43. The maximum atomic E-state index is 4.43. The Hall–Kier alpha value is -2.42. The van der Waals surface area contributed by atoms with Gasteiger partial charge in [0.1, 0.15) is 6.54 Å². The Morgan fingerprint density at radius 2 is 1.43 bits per heavy atom. The highest BCUT2D eigenvalue weighted by atomic mass is 15.3. The quantitative estimate of drug-likeness (QED) is 0.673. The molecule has 0 fully saturated rings. The number of aryl methyl sites for hydroxylation is 2. The molecule has 0 aliphatic carbocycles. The summed E-state index contributed by atoms with van der Waals surface area (Å²) in [6, 6.07) is 17.2. The van der Waals surface area contributed by atoms with Crippen molar-refractivity contribution in [2.45, 2.75) is 26.9 Å². The summed E-state index contributed by atoms with van der Waals surface area (Å²) in [6.45, 7) is 5.87. The van der Waals surface area contributed by atoms with Crippen LogP contribution in [0.25, 0.3) is 0 Å². The zero-order valence-corrected chi connectivity index (χ0v) is 12.5. The lowest BCUT2D eigenvalue weighted by atomic mass is 10.1. The Morgan fingerprint density at radius 3 is 2.05 bits per heavy atom. The lowest BCUT2D eigenvalue weighted by molar-refractivity contribution is -0.689. The molecule has 3 nitrogen and oxygen atoms in total. The molecule has 2 aromatic carbocycles. The van der Waals surface area contributed by atoms with Gasteiger partial charge in [-0.1, -0.05) is 59.7 Å². The third-order valence-electron chi connectivity index (χ3n) is 3.58. The fraction of sp³-hybridized carbons (Fsp3) is 0.222. The van der Waals surface area contributed by atoms with Gasteiger partial charge in [0.15, 0.2) is 0 Å². The highest BCUT2D eigenvalue weighted by Gasteiger charge is 2.07. The van der Waals surface area contributed by atoms with Crippen LogP contribution < -0.4 is 4.57 Å². The average molecular weight is 278 g/mol. The van der Waals surface area contributed by atoms with E-state index in [-0.39, 0.29) is 0 Å². The van der Waals surface area contributed by atoms with Gasteiger partial charge >= 0.3 is 0 Å². The van der Waals surface area contributed by atoms with Crippen LogP contribution in [-0.4, -0.2) is 9.78 Å². The van der Waals surface area contributed by atoms with Crippen molar-refractivity contribution >= 4 is 0 Å². The van der Waals surface area contributed by atoms with Gasteiger partial charge < -0.3 is 0 Å². The van der Waals surface area contributed by atoms with E-state index in [1.807, 2.05) is 11.0 Å². The van der Waals surface area contributed by atoms with Gasteiger partial charge in [-0.25, -0.2) is 4.57 Å². The largest absolute Gasteiger partial charge is 0.265 e. The van der Waals surface area contributed by atoms with Gasteiger partial charge in [0, 0.05) is 5.10 Å². The Kier molecular flexibility index (Phi) is 3.82. The van der Waals surface area contributed by atoms with E-state index >= 15 is 0 Å². The van der Waals surface area contributed by atoms with Crippen molar-refractivity contribution in [2.24, 2.45) is 0 Å². The lowest BCUT2D eigenvalue weighted by Crippen LogP contribution is -2.31. The molecule has 106 valence electrons. The van der Waals surface area contributed by atoms with E-state index in [1.54, 1.807) is 0 Å². The number of hydrogen-bond donors (Lipinski definition) is 0. The zero-order valence-electron chi connectivity index (χ0n) is 12.5. The zero-order chi connectivity index (χ0) is 14.7. The smallest absolute Gasteiger partial charge is 0.233 e. The second kappa shape index (κ2) is 5.92. The molecular formula is C18H20N3+. The molecule has 0 amide bonds. The third kappa shape index (κ3) is 3.57. The summed E-state index contributed by atoms with van der Waals surface area (Å²) in [5, 5.41) is 4.43. The number of aromatic nitrogens is 3. The molecule has 1 heterocycles. The van der Waals surface area contributed by atoms with E-state index in [1.165, 1.54) is 22.3 Å². The molecule has 0 N–H and O–H groups in total. The molecule has 0 radical (unpaired) electrons. The summed E-state index contributed by atoms with van der Waals surface area (Å²) < 4.78 is 4.08.